The number of aliphatic hydroxyl groups excluding tert-OH is 2. The van der Waals surface area contributed by atoms with Crippen molar-refractivity contribution >= 4 is 5.91 Å². The van der Waals surface area contributed by atoms with E-state index < -0.39 is 12.1 Å². The molecule has 4 nitrogen and oxygen atoms in total. The Bertz CT molecular complexity index is 1060. The molecule has 53 heavy (non-hydrogen) atoms. The van der Waals surface area contributed by atoms with Crippen LogP contribution in [0.5, 0.6) is 0 Å². The molecule has 0 aliphatic heterocycles. The Morgan fingerprint density at radius 2 is 0.830 bits per heavy atom. The summed E-state index contributed by atoms with van der Waals surface area (Å²) in [6.45, 7) is 4.03. The maximum Gasteiger partial charge on any atom is 0.220 e. The van der Waals surface area contributed by atoms with Gasteiger partial charge < -0.3 is 15.5 Å². The summed E-state index contributed by atoms with van der Waals surface area (Å²) in [5.41, 5.74) is 0. The van der Waals surface area contributed by atoms with E-state index in [2.05, 4.69) is 116 Å². The van der Waals surface area contributed by atoms with E-state index in [-0.39, 0.29) is 12.5 Å². The van der Waals surface area contributed by atoms with Gasteiger partial charge in [-0.2, -0.15) is 0 Å². The van der Waals surface area contributed by atoms with Gasteiger partial charge in [0, 0.05) is 6.42 Å². The zero-order valence-corrected chi connectivity index (χ0v) is 34.2. The Balaban J connectivity index is 3.53. The first kappa shape index (κ1) is 50.1. The van der Waals surface area contributed by atoms with E-state index in [0.29, 0.717) is 6.42 Å². The smallest absolute Gasteiger partial charge is 0.220 e. The molecule has 3 N–H and O–H groups in total. The van der Waals surface area contributed by atoms with Crippen LogP contribution in [0.2, 0.25) is 0 Å². The molecule has 300 valence electrons. The van der Waals surface area contributed by atoms with E-state index in [9.17, 15) is 15.0 Å². The highest BCUT2D eigenvalue weighted by Gasteiger charge is 2.17. The largest absolute Gasteiger partial charge is 0.394 e. The molecule has 2 unspecified atom stereocenters. The standard InChI is InChI=1S/C49H81NO3/c1-3-5-7-9-10-11-12-13-14-15-16-17-18-19-20-21-22-23-24-25-26-27-28-29-30-31-32-33-34-35-36-37-38-39-40-41-43-45-49(53)50-47(46-51)48(52)44-42-8-6-4-2/h5,7,10-11,13-14,16-17,19-20,22-23,25-26,28-29,42,44,47-48,51-52H,3-4,6,8-9,12,15,18,21,24,27,30-41,43,45-46H2,1-2H3,(H,50,53)/b7-5-,11-10-,14-13-,17-16-,20-19-,23-22-,26-25-,29-28-,44-42+. The van der Waals surface area contributed by atoms with Crippen LogP contribution in [0.4, 0.5) is 0 Å². The van der Waals surface area contributed by atoms with Crippen LogP contribution < -0.4 is 5.32 Å². The molecule has 1 amide bonds. The van der Waals surface area contributed by atoms with E-state index in [1.165, 1.54) is 70.6 Å². The Kier molecular flexibility index (Phi) is 41.0. The molecule has 0 aliphatic carbocycles. The molecule has 0 fully saturated rings. The molecule has 0 heterocycles. The predicted octanol–water partition coefficient (Wildman–Crippen LogP) is 13.6. The fourth-order valence-corrected chi connectivity index (χ4v) is 5.71. The molecular weight excluding hydrogens is 651 g/mol. The second-order valence-electron chi connectivity index (χ2n) is 14.0. The number of nitrogens with one attached hydrogen (secondary N) is 1. The second kappa shape index (κ2) is 43.5. The molecule has 0 bridgehead atoms. The number of amides is 1. The van der Waals surface area contributed by atoms with Crippen molar-refractivity contribution in [3.8, 4) is 0 Å². The van der Waals surface area contributed by atoms with E-state index in [1.807, 2.05) is 6.08 Å². The number of allylic oxidation sites excluding steroid dienone is 17. The van der Waals surface area contributed by atoms with E-state index >= 15 is 0 Å². The molecule has 0 saturated carbocycles. The summed E-state index contributed by atoms with van der Waals surface area (Å²) in [4.78, 5) is 12.2. The maximum atomic E-state index is 12.2. The molecule has 4 heteroatoms. The minimum Gasteiger partial charge on any atom is -0.394 e. The molecule has 0 aromatic heterocycles. The Morgan fingerprint density at radius 1 is 0.472 bits per heavy atom. The van der Waals surface area contributed by atoms with Gasteiger partial charge in [-0.3, -0.25) is 4.79 Å². The molecule has 0 spiro atoms. The van der Waals surface area contributed by atoms with Crippen LogP contribution >= 0.6 is 0 Å². The minimum absolute atomic E-state index is 0.0818. The van der Waals surface area contributed by atoms with Crippen molar-refractivity contribution in [2.75, 3.05) is 6.61 Å². The third-order valence-corrected chi connectivity index (χ3v) is 9.01. The van der Waals surface area contributed by atoms with Gasteiger partial charge in [0.25, 0.3) is 0 Å². The molecule has 0 aromatic carbocycles. The topological polar surface area (TPSA) is 69.6 Å². The number of aliphatic hydroxyl groups is 2. The minimum atomic E-state index is -0.841. The van der Waals surface area contributed by atoms with Crippen LogP contribution in [-0.2, 0) is 4.79 Å². The van der Waals surface area contributed by atoms with Crippen LogP contribution in [-0.4, -0.2) is 34.9 Å². The van der Waals surface area contributed by atoms with Crippen molar-refractivity contribution in [3.05, 3.63) is 109 Å². The fourth-order valence-electron chi connectivity index (χ4n) is 5.71. The molecule has 0 radical (unpaired) electrons. The summed E-state index contributed by atoms with van der Waals surface area (Å²) in [5.74, 6) is -0.0818. The van der Waals surface area contributed by atoms with Crippen LogP contribution in [0.1, 0.15) is 174 Å². The van der Waals surface area contributed by atoms with Crippen molar-refractivity contribution in [3.63, 3.8) is 0 Å². The maximum absolute atomic E-state index is 12.2. The van der Waals surface area contributed by atoms with Crippen LogP contribution in [0.25, 0.3) is 0 Å². The summed E-state index contributed by atoms with van der Waals surface area (Å²) in [7, 11) is 0. The van der Waals surface area contributed by atoms with Gasteiger partial charge >= 0.3 is 0 Å². The lowest BCUT2D eigenvalue weighted by molar-refractivity contribution is -0.123. The Hall–Kier alpha value is -2.95. The SMILES string of the molecule is CC/C=C\C/C=C\C/C=C\C/C=C\C/C=C\C/C=C\C/C=C\C/C=C\CCCCCCCCCCCCCCC(=O)NC(CO)C(O)/C=C/CCCC. The lowest BCUT2D eigenvalue weighted by Crippen LogP contribution is -2.45. The van der Waals surface area contributed by atoms with Crippen molar-refractivity contribution in [1.82, 2.24) is 5.32 Å². The zero-order valence-electron chi connectivity index (χ0n) is 34.2. The Labute approximate surface area is 327 Å². The van der Waals surface area contributed by atoms with Gasteiger partial charge in [0.2, 0.25) is 5.91 Å². The number of hydrogen-bond acceptors (Lipinski definition) is 3. The van der Waals surface area contributed by atoms with E-state index in [4.69, 9.17) is 0 Å². The molecule has 0 aliphatic rings. The highest BCUT2D eigenvalue weighted by Crippen LogP contribution is 2.13. The summed E-state index contributed by atoms with van der Waals surface area (Å²) in [5, 5.41) is 22.5. The van der Waals surface area contributed by atoms with Crippen LogP contribution in [0.3, 0.4) is 0 Å². The predicted molar refractivity (Wildman–Crippen MR) is 234 cm³/mol. The number of hydrogen-bond donors (Lipinski definition) is 3. The lowest BCUT2D eigenvalue weighted by Gasteiger charge is -2.19. The van der Waals surface area contributed by atoms with Crippen LogP contribution in [0.15, 0.2) is 109 Å². The number of carbonyl (C=O) groups is 1. The molecular formula is C49H81NO3. The van der Waals surface area contributed by atoms with Crippen molar-refractivity contribution in [2.24, 2.45) is 0 Å². The second-order valence-corrected chi connectivity index (χ2v) is 14.0. The number of rotatable bonds is 37. The Morgan fingerprint density at radius 3 is 1.23 bits per heavy atom. The lowest BCUT2D eigenvalue weighted by atomic mass is 10.0. The number of carbonyl (C=O) groups excluding carboxylic acids is 1. The summed E-state index contributed by atoms with van der Waals surface area (Å²) in [6, 6.07) is -0.624. The van der Waals surface area contributed by atoms with Gasteiger partial charge in [0.05, 0.1) is 18.8 Å². The van der Waals surface area contributed by atoms with Gasteiger partial charge in [-0.05, 0) is 77.0 Å². The monoisotopic (exact) mass is 732 g/mol. The first-order chi connectivity index (χ1) is 26.2. The van der Waals surface area contributed by atoms with Crippen molar-refractivity contribution in [2.45, 2.75) is 187 Å². The fraction of sp³-hybridized carbons (Fsp3) is 0.612. The van der Waals surface area contributed by atoms with Gasteiger partial charge in [-0.15, -0.1) is 0 Å². The summed E-state index contributed by atoms with van der Waals surface area (Å²) < 4.78 is 0. The van der Waals surface area contributed by atoms with Gasteiger partial charge in [0.1, 0.15) is 0 Å². The van der Waals surface area contributed by atoms with Gasteiger partial charge in [0.15, 0.2) is 0 Å². The average molecular weight is 732 g/mol. The normalized spacial score (nSPS) is 14.1. The third kappa shape index (κ3) is 40.1. The highest BCUT2D eigenvalue weighted by atomic mass is 16.3. The van der Waals surface area contributed by atoms with Crippen molar-refractivity contribution in [1.29, 1.82) is 0 Å². The van der Waals surface area contributed by atoms with Gasteiger partial charge in [-0.25, -0.2) is 0 Å². The van der Waals surface area contributed by atoms with E-state index in [1.54, 1.807) is 6.08 Å². The summed E-state index contributed by atoms with van der Waals surface area (Å²) >= 11 is 0. The molecule has 0 saturated heterocycles. The highest BCUT2D eigenvalue weighted by molar-refractivity contribution is 5.76. The molecule has 0 aromatic rings. The van der Waals surface area contributed by atoms with E-state index in [0.717, 1.165) is 83.5 Å². The van der Waals surface area contributed by atoms with Gasteiger partial charge in [-0.1, -0.05) is 200 Å². The molecule has 0 rings (SSSR count). The quantitative estimate of drug-likeness (QED) is 0.0440. The van der Waals surface area contributed by atoms with Crippen LogP contribution in [0, 0.1) is 0 Å². The first-order valence-electron chi connectivity index (χ1n) is 21.6. The number of unbranched alkanes of at least 4 members (excludes halogenated alkanes) is 14. The zero-order chi connectivity index (χ0) is 38.6. The third-order valence-electron chi connectivity index (χ3n) is 9.01. The first-order valence-corrected chi connectivity index (χ1v) is 21.6. The average Bonchev–Trinajstić information content (AvgIpc) is 3.16. The summed E-state index contributed by atoms with van der Waals surface area (Å²) in [6.07, 6.45) is 66.8. The van der Waals surface area contributed by atoms with Crippen molar-refractivity contribution < 1.29 is 15.0 Å². The molecule has 2 atom stereocenters.